The van der Waals surface area contributed by atoms with E-state index in [2.05, 4.69) is 15.1 Å². The van der Waals surface area contributed by atoms with Crippen LogP contribution in [-0.4, -0.2) is 24.9 Å². The molecule has 0 aliphatic carbocycles. The minimum atomic E-state index is 0.0412. The Hall–Kier alpha value is -2.30. The molecule has 0 aliphatic rings. The molecule has 2 heterocycles. The van der Waals surface area contributed by atoms with E-state index in [0.717, 1.165) is 16.9 Å². The lowest BCUT2D eigenvalue weighted by Crippen LogP contribution is -2.08. The lowest BCUT2D eigenvalue weighted by atomic mass is 10.3. The summed E-state index contributed by atoms with van der Waals surface area (Å²) in [5.41, 5.74) is 1.68. The van der Waals surface area contributed by atoms with E-state index in [9.17, 15) is 5.11 Å². The van der Waals surface area contributed by atoms with Gasteiger partial charge in [-0.25, -0.2) is 4.98 Å². The highest BCUT2D eigenvalue weighted by molar-refractivity contribution is 5.76. The molecule has 2 aromatic heterocycles. The number of rotatable bonds is 2. The quantitative estimate of drug-likeness (QED) is 0.705. The minimum Gasteiger partial charge on any atom is -0.508 e. The topological polar surface area (TPSA) is 66.7 Å². The molecule has 0 bridgehead atoms. The first kappa shape index (κ1) is 9.89. The summed E-state index contributed by atoms with van der Waals surface area (Å²) in [6.07, 6.45) is 3.64. The van der Waals surface area contributed by atoms with Gasteiger partial charge in [-0.2, -0.15) is 5.10 Å². The Bertz CT molecular complexity index is 642. The fourth-order valence-corrected chi connectivity index (χ4v) is 1.85. The molecule has 3 aromatic rings. The van der Waals surface area contributed by atoms with Gasteiger partial charge in [-0.05, 0) is 25.1 Å². The lowest BCUT2D eigenvalue weighted by Gasteiger charge is -2.08. The second-order valence-electron chi connectivity index (χ2n) is 3.99. The molecule has 0 spiro atoms. The number of nitrogens with one attached hydrogen (secondary N) is 1. The van der Waals surface area contributed by atoms with E-state index in [1.807, 2.05) is 23.9 Å². The summed E-state index contributed by atoms with van der Waals surface area (Å²) < 4.78 is 1.83. The van der Waals surface area contributed by atoms with Gasteiger partial charge < -0.3 is 10.1 Å². The summed E-state index contributed by atoms with van der Waals surface area (Å²) in [5.74, 6) is 1.06. The smallest absolute Gasteiger partial charge is 0.131 e. The normalized spacial score (nSPS) is 13.0. The zero-order valence-electron chi connectivity index (χ0n) is 9.33. The van der Waals surface area contributed by atoms with Gasteiger partial charge in [0.2, 0.25) is 0 Å². The van der Waals surface area contributed by atoms with Crippen LogP contribution in [-0.2, 0) is 0 Å². The Morgan fingerprint density at radius 1 is 1.41 bits per heavy atom. The van der Waals surface area contributed by atoms with Crippen LogP contribution in [0, 0.1) is 0 Å². The summed E-state index contributed by atoms with van der Waals surface area (Å²) in [7, 11) is 0. The highest BCUT2D eigenvalue weighted by Gasteiger charge is 2.12. The van der Waals surface area contributed by atoms with Gasteiger partial charge in [0.15, 0.2) is 0 Å². The third kappa shape index (κ3) is 1.65. The Balaban J connectivity index is 2.06. The predicted octanol–water partition coefficient (Wildman–Crippen LogP) is 2.07. The Morgan fingerprint density at radius 3 is 3.06 bits per heavy atom. The molecule has 1 atom stereocenters. The van der Waals surface area contributed by atoms with Crippen molar-refractivity contribution in [2.24, 2.45) is 0 Å². The van der Waals surface area contributed by atoms with Gasteiger partial charge in [0.1, 0.15) is 17.6 Å². The molecule has 1 unspecified atom stereocenters. The molecule has 1 aromatic carbocycles. The summed E-state index contributed by atoms with van der Waals surface area (Å²) in [6.45, 7) is 2.02. The molecule has 17 heavy (non-hydrogen) atoms. The van der Waals surface area contributed by atoms with Gasteiger partial charge in [0.05, 0.1) is 11.0 Å². The van der Waals surface area contributed by atoms with E-state index in [-0.39, 0.29) is 11.8 Å². The van der Waals surface area contributed by atoms with Gasteiger partial charge in [-0.3, -0.25) is 4.68 Å². The number of aromatic hydroxyl groups is 1. The van der Waals surface area contributed by atoms with Crippen molar-refractivity contribution in [1.82, 2.24) is 19.7 Å². The van der Waals surface area contributed by atoms with Crippen molar-refractivity contribution in [3.8, 4) is 5.75 Å². The molecule has 0 radical (unpaired) electrons. The van der Waals surface area contributed by atoms with Crippen molar-refractivity contribution in [2.45, 2.75) is 13.0 Å². The predicted molar refractivity (Wildman–Crippen MR) is 63.8 cm³/mol. The van der Waals surface area contributed by atoms with Gasteiger partial charge in [0.25, 0.3) is 0 Å². The number of nitrogens with zero attached hydrogens (tertiary/aromatic N) is 3. The summed E-state index contributed by atoms with van der Waals surface area (Å²) >= 11 is 0. The fourth-order valence-electron chi connectivity index (χ4n) is 1.85. The second kappa shape index (κ2) is 3.62. The summed E-state index contributed by atoms with van der Waals surface area (Å²) in [4.78, 5) is 7.67. The van der Waals surface area contributed by atoms with Crippen LogP contribution < -0.4 is 0 Å². The molecular weight excluding hydrogens is 216 g/mol. The van der Waals surface area contributed by atoms with Crippen LogP contribution >= 0.6 is 0 Å². The van der Waals surface area contributed by atoms with Crippen LogP contribution in [0.1, 0.15) is 18.8 Å². The van der Waals surface area contributed by atoms with Crippen molar-refractivity contribution >= 4 is 11.0 Å². The van der Waals surface area contributed by atoms with Crippen LogP contribution in [0.3, 0.4) is 0 Å². The zero-order valence-corrected chi connectivity index (χ0v) is 9.33. The van der Waals surface area contributed by atoms with Crippen molar-refractivity contribution in [3.63, 3.8) is 0 Å². The maximum absolute atomic E-state index is 9.40. The average Bonchev–Trinajstić information content (AvgIpc) is 2.96. The van der Waals surface area contributed by atoms with E-state index in [1.54, 1.807) is 24.4 Å². The van der Waals surface area contributed by atoms with Gasteiger partial charge in [-0.15, -0.1) is 0 Å². The molecule has 0 saturated carbocycles. The highest BCUT2D eigenvalue weighted by atomic mass is 16.3. The summed E-state index contributed by atoms with van der Waals surface area (Å²) in [5, 5.41) is 13.6. The SMILES string of the molecule is CC(c1nc2ccc(O)cc2[nH]1)n1cccn1. The van der Waals surface area contributed by atoms with Crippen LogP contribution in [0.2, 0.25) is 0 Å². The number of phenolic OH excluding ortho intramolecular Hbond substituents is 1. The number of hydrogen-bond acceptors (Lipinski definition) is 3. The Kier molecular flexibility index (Phi) is 2.11. The van der Waals surface area contributed by atoms with E-state index < -0.39 is 0 Å². The molecule has 0 aliphatic heterocycles. The highest BCUT2D eigenvalue weighted by Crippen LogP contribution is 2.21. The first-order valence-electron chi connectivity index (χ1n) is 5.42. The second-order valence-corrected chi connectivity index (χ2v) is 3.99. The molecule has 2 N–H and O–H groups in total. The van der Waals surface area contributed by atoms with Gasteiger partial charge >= 0.3 is 0 Å². The molecular formula is C12H12N4O. The van der Waals surface area contributed by atoms with Crippen LogP contribution in [0.4, 0.5) is 0 Å². The average molecular weight is 228 g/mol. The number of fused-ring (bicyclic) bond motifs is 1. The third-order valence-corrected chi connectivity index (χ3v) is 2.80. The monoisotopic (exact) mass is 228 g/mol. The molecule has 86 valence electrons. The Morgan fingerprint density at radius 2 is 2.29 bits per heavy atom. The third-order valence-electron chi connectivity index (χ3n) is 2.80. The fraction of sp³-hybridized carbons (Fsp3) is 0.167. The van der Waals surface area contributed by atoms with Gasteiger partial charge in [0, 0.05) is 18.5 Å². The molecule has 3 rings (SSSR count). The Labute approximate surface area is 97.7 Å². The zero-order chi connectivity index (χ0) is 11.8. The van der Waals surface area contributed by atoms with Crippen molar-refractivity contribution < 1.29 is 5.11 Å². The first-order chi connectivity index (χ1) is 8.24. The van der Waals surface area contributed by atoms with E-state index in [1.165, 1.54) is 0 Å². The van der Waals surface area contributed by atoms with E-state index >= 15 is 0 Å². The number of hydrogen-bond donors (Lipinski definition) is 2. The molecule has 0 amide bonds. The number of phenols is 1. The van der Waals surface area contributed by atoms with E-state index in [0.29, 0.717) is 0 Å². The largest absolute Gasteiger partial charge is 0.508 e. The van der Waals surface area contributed by atoms with Crippen molar-refractivity contribution in [2.75, 3.05) is 0 Å². The number of imidazole rings is 1. The molecule has 5 heteroatoms. The lowest BCUT2D eigenvalue weighted by molar-refractivity contribution is 0.476. The maximum atomic E-state index is 9.40. The number of H-pyrrole nitrogens is 1. The first-order valence-corrected chi connectivity index (χ1v) is 5.42. The van der Waals surface area contributed by atoms with Crippen LogP contribution in [0.25, 0.3) is 11.0 Å². The maximum Gasteiger partial charge on any atom is 0.131 e. The molecule has 0 fully saturated rings. The van der Waals surface area contributed by atoms with Crippen LogP contribution in [0.15, 0.2) is 36.7 Å². The standard InChI is InChI=1S/C12H12N4O/c1-8(16-6-2-5-13-16)12-14-10-4-3-9(17)7-11(10)15-12/h2-8,17H,1H3,(H,14,15). The molecule has 0 saturated heterocycles. The van der Waals surface area contributed by atoms with Gasteiger partial charge in [-0.1, -0.05) is 0 Å². The van der Waals surface area contributed by atoms with Crippen molar-refractivity contribution in [3.05, 3.63) is 42.5 Å². The minimum absolute atomic E-state index is 0.0412. The van der Waals surface area contributed by atoms with Crippen molar-refractivity contribution in [1.29, 1.82) is 0 Å². The van der Waals surface area contributed by atoms with E-state index in [4.69, 9.17) is 0 Å². The molecule has 5 nitrogen and oxygen atoms in total. The number of aromatic nitrogens is 4. The van der Waals surface area contributed by atoms with Crippen LogP contribution in [0.5, 0.6) is 5.75 Å². The number of benzene rings is 1. The summed E-state index contributed by atoms with van der Waals surface area (Å²) in [6, 6.07) is 7.01. The number of aromatic amines is 1.